The van der Waals surface area contributed by atoms with E-state index in [1.165, 1.54) is 12.1 Å². The first-order valence-electron chi connectivity index (χ1n) is 5.60. The van der Waals surface area contributed by atoms with E-state index in [1.807, 2.05) is 29.0 Å². The molecule has 1 aromatic heterocycles. The summed E-state index contributed by atoms with van der Waals surface area (Å²) in [5, 5.41) is 0.990. The van der Waals surface area contributed by atoms with E-state index in [1.54, 1.807) is 18.2 Å². The van der Waals surface area contributed by atoms with Crippen LogP contribution in [0.2, 0.25) is 0 Å². The molecule has 3 aromatic rings. The molecule has 0 aliphatic heterocycles. The fourth-order valence-corrected chi connectivity index (χ4v) is 2.06. The van der Waals surface area contributed by atoms with Crippen LogP contribution >= 0.6 is 0 Å². The Balaban J connectivity index is 2.18. The largest absolute Gasteiger partial charge is 0.317 e. The van der Waals surface area contributed by atoms with E-state index in [4.69, 9.17) is 0 Å². The minimum absolute atomic E-state index is 0.251. The maximum Gasteiger partial charge on any atom is 0.150 e. The van der Waals surface area contributed by atoms with Crippen molar-refractivity contribution < 1.29 is 9.18 Å². The van der Waals surface area contributed by atoms with Crippen molar-refractivity contribution in [3.8, 4) is 5.69 Å². The molecule has 0 aliphatic rings. The van der Waals surface area contributed by atoms with Crippen molar-refractivity contribution in [2.24, 2.45) is 0 Å². The lowest BCUT2D eigenvalue weighted by atomic mass is 10.2. The van der Waals surface area contributed by atoms with Gasteiger partial charge in [0.2, 0.25) is 0 Å². The second-order valence-electron chi connectivity index (χ2n) is 4.10. The lowest BCUT2D eigenvalue weighted by molar-refractivity contribution is 0.112. The topological polar surface area (TPSA) is 22.0 Å². The average molecular weight is 239 g/mol. The number of carbonyl (C=O) groups excluding carboxylic acids is 1. The molecule has 0 bridgehead atoms. The highest BCUT2D eigenvalue weighted by Crippen LogP contribution is 2.21. The van der Waals surface area contributed by atoms with E-state index in [2.05, 4.69) is 0 Å². The van der Waals surface area contributed by atoms with E-state index in [-0.39, 0.29) is 5.82 Å². The van der Waals surface area contributed by atoms with Gasteiger partial charge in [0, 0.05) is 22.8 Å². The van der Waals surface area contributed by atoms with Crippen LogP contribution in [0.4, 0.5) is 4.39 Å². The highest BCUT2D eigenvalue weighted by Gasteiger charge is 2.04. The predicted octanol–water partition coefficient (Wildman–Crippen LogP) is 3.58. The van der Waals surface area contributed by atoms with Gasteiger partial charge in [-0.1, -0.05) is 0 Å². The number of nitrogens with zero attached hydrogens (tertiary/aromatic N) is 1. The van der Waals surface area contributed by atoms with Crippen molar-refractivity contribution in [2.45, 2.75) is 0 Å². The van der Waals surface area contributed by atoms with Gasteiger partial charge >= 0.3 is 0 Å². The molecule has 0 unspecified atom stereocenters. The van der Waals surface area contributed by atoms with E-state index in [0.29, 0.717) is 5.56 Å². The molecule has 0 fully saturated rings. The Hall–Kier alpha value is -2.42. The van der Waals surface area contributed by atoms with Gasteiger partial charge in [0.25, 0.3) is 0 Å². The minimum atomic E-state index is -0.251. The predicted molar refractivity (Wildman–Crippen MR) is 68.6 cm³/mol. The van der Waals surface area contributed by atoms with Crippen LogP contribution in [0.5, 0.6) is 0 Å². The van der Waals surface area contributed by atoms with Gasteiger partial charge in [0.15, 0.2) is 0 Å². The molecule has 0 N–H and O–H groups in total. The van der Waals surface area contributed by atoms with Crippen LogP contribution in [0.25, 0.3) is 16.6 Å². The second kappa shape index (κ2) is 4.11. The Morgan fingerprint density at radius 2 is 1.78 bits per heavy atom. The number of aldehydes is 1. The van der Waals surface area contributed by atoms with Crippen molar-refractivity contribution in [1.82, 2.24) is 4.57 Å². The number of rotatable bonds is 2. The van der Waals surface area contributed by atoms with Crippen LogP contribution in [0.1, 0.15) is 10.4 Å². The van der Waals surface area contributed by atoms with Crippen molar-refractivity contribution in [1.29, 1.82) is 0 Å². The van der Waals surface area contributed by atoms with Gasteiger partial charge in [-0.25, -0.2) is 4.39 Å². The summed E-state index contributed by atoms with van der Waals surface area (Å²) >= 11 is 0. The third kappa shape index (κ3) is 1.70. The molecule has 3 rings (SSSR count). The maximum absolute atomic E-state index is 12.9. The summed E-state index contributed by atoms with van der Waals surface area (Å²) in [7, 11) is 0. The van der Waals surface area contributed by atoms with Gasteiger partial charge in [-0.3, -0.25) is 4.79 Å². The molecule has 1 heterocycles. The van der Waals surface area contributed by atoms with Crippen LogP contribution in [-0.2, 0) is 0 Å². The number of hydrogen-bond acceptors (Lipinski definition) is 1. The molecule has 0 atom stereocenters. The molecule has 0 amide bonds. The third-order valence-electron chi connectivity index (χ3n) is 2.96. The highest BCUT2D eigenvalue weighted by atomic mass is 19.1. The van der Waals surface area contributed by atoms with E-state index >= 15 is 0 Å². The van der Waals surface area contributed by atoms with Gasteiger partial charge in [0.1, 0.15) is 12.1 Å². The van der Waals surface area contributed by atoms with Crippen molar-refractivity contribution >= 4 is 17.2 Å². The van der Waals surface area contributed by atoms with E-state index in [9.17, 15) is 9.18 Å². The molecule has 2 nitrogen and oxygen atoms in total. The number of fused-ring (bicyclic) bond motifs is 1. The van der Waals surface area contributed by atoms with E-state index < -0.39 is 0 Å². The summed E-state index contributed by atoms with van der Waals surface area (Å²) < 4.78 is 14.9. The van der Waals surface area contributed by atoms with Crippen LogP contribution in [0.15, 0.2) is 54.7 Å². The molecule has 0 aliphatic carbocycles. The molecule has 0 saturated heterocycles. The number of halogens is 1. The first-order valence-corrected chi connectivity index (χ1v) is 5.60. The van der Waals surface area contributed by atoms with Crippen LogP contribution < -0.4 is 0 Å². The minimum Gasteiger partial charge on any atom is -0.317 e. The van der Waals surface area contributed by atoms with E-state index in [0.717, 1.165) is 22.9 Å². The molecule has 0 saturated carbocycles. The summed E-state index contributed by atoms with van der Waals surface area (Å²) in [5.41, 5.74) is 2.54. The molecule has 2 aromatic carbocycles. The summed E-state index contributed by atoms with van der Waals surface area (Å²) in [4.78, 5) is 10.7. The fraction of sp³-hybridized carbons (Fsp3) is 0. The number of hydrogen-bond donors (Lipinski definition) is 0. The molecular weight excluding hydrogens is 229 g/mol. The lowest BCUT2D eigenvalue weighted by Crippen LogP contribution is -1.91. The fourth-order valence-electron chi connectivity index (χ4n) is 2.06. The summed E-state index contributed by atoms with van der Waals surface area (Å²) in [5.74, 6) is -0.251. The average Bonchev–Trinajstić information content (AvgIpc) is 2.82. The molecular formula is C15H10FNO. The van der Waals surface area contributed by atoms with Gasteiger partial charge < -0.3 is 4.57 Å². The van der Waals surface area contributed by atoms with Gasteiger partial charge in [-0.05, 0) is 48.5 Å². The Kier molecular flexibility index (Phi) is 2.45. The number of aromatic nitrogens is 1. The first-order chi connectivity index (χ1) is 8.78. The zero-order valence-corrected chi connectivity index (χ0v) is 9.51. The van der Waals surface area contributed by atoms with Gasteiger partial charge in [0.05, 0.1) is 5.52 Å². The van der Waals surface area contributed by atoms with Crippen LogP contribution in [0, 0.1) is 5.82 Å². The molecule has 3 heteroatoms. The zero-order chi connectivity index (χ0) is 12.5. The summed E-state index contributed by atoms with van der Waals surface area (Å²) in [6, 6.07) is 13.7. The van der Waals surface area contributed by atoms with Crippen LogP contribution in [-0.4, -0.2) is 10.9 Å². The van der Waals surface area contributed by atoms with Crippen molar-refractivity contribution in [2.75, 3.05) is 0 Å². The van der Waals surface area contributed by atoms with Crippen molar-refractivity contribution in [3.05, 3.63) is 66.1 Å². The standard InChI is InChI=1S/C15H10FNO/c16-13-2-4-14(5-3-13)17-8-7-12-9-11(10-18)1-6-15(12)17/h1-10H. The summed E-state index contributed by atoms with van der Waals surface area (Å²) in [6.45, 7) is 0. The van der Waals surface area contributed by atoms with Gasteiger partial charge in [-0.15, -0.1) is 0 Å². The molecule has 18 heavy (non-hydrogen) atoms. The maximum atomic E-state index is 12.9. The monoisotopic (exact) mass is 239 g/mol. The number of carbonyl (C=O) groups is 1. The number of benzene rings is 2. The molecule has 0 spiro atoms. The van der Waals surface area contributed by atoms with Gasteiger partial charge in [-0.2, -0.15) is 0 Å². The normalized spacial score (nSPS) is 10.7. The Bertz CT molecular complexity index is 713. The Morgan fingerprint density at radius 1 is 1.00 bits per heavy atom. The SMILES string of the molecule is O=Cc1ccc2c(ccn2-c2ccc(F)cc2)c1. The second-order valence-corrected chi connectivity index (χ2v) is 4.10. The molecule has 0 radical (unpaired) electrons. The third-order valence-corrected chi connectivity index (χ3v) is 2.96. The Morgan fingerprint density at radius 3 is 2.50 bits per heavy atom. The zero-order valence-electron chi connectivity index (χ0n) is 9.51. The lowest BCUT2D eigenvalue weighted by Gasteiger charge is -2.05. The Labute approximate surface area is 103 Å². The molecule has 88 valence electrons. The first kappa shape index (κ1) is 10.7. The van der Waals surface area contributed by atoms with Crippen LogP contribution in [0.3, 0.4) is 0 Å². The smallest absolute Gasteiger partial charge is 0.150 e. The highest BCUT2D eigenvalue weighted by molar-refractivity contribution is 5.88. The summed E-state index contributed by atoms with van der Waals surface area (Å²) in [6.07, 6.45) is 2.74. The van der Waals surface area contributed by atoms with Crippen molar-refractivity contribution in [3.63, 3.8) is 0 Å². The quantitative estimate of drug-likeness (QED) is 0.626.